The van der Waals surface area contributed by atoms with Crippen molar-refractivity contribution in [3.63, 3.8) is 0 Å². The van der Waals surface area contributed by atoms with E-state index in [4.69, 9.17) is 14.2 Å². The summed E-state index contributed by atoms with van der Waals surface area (Å²) in [4.78, 5) is 37.2. The molecule has 0 radical (unpaired) electrons. The van der Waals surface area contributed by atoms with Crippen LogP contribution < -0.4 is 0 Å². The molecule has 0 aromatic carbocycles. The quantitative estimate of drug-likeness (QED) is 0.0391. The molecule has 0 N–H and O–H groups in total. The van der Waals surface area contributed by atoms with E-state index in [1.165, 1.54) is 89.9 Å². The van der Waals surface area contributed by atoms with Gasteiger partial charge in [0.1, 0.15) is 13.2 Å². The maximum absolute atomic E-state index is 12.5. The van der Waals surface area contributed by atoms with Gasteiger partial charge in [-0.15, -0.1) is 0 Å². The highest BCUT2D eigenvalue weighted by Gasteiger charge is 2.19. The molecule has 0 unspecified atom stereocenters. The molecule has 0 amide bonds. The molecule has 0 aliphatic heterocycles. The van der Waals surface area contributed by atoms with Crippen LogP contribution in [0.5, 0.6) is 0 Å². The van der Waals surface area contributed by atoms with Crippen LogP contribution in [-0.2, 0) is 28.6 Å². The molecule has 1 atom stereocenters. The smallest absolute Gasteiger partial charge is 0.306 e. The molecule has 6 heteroatoms. The van der Waals surface area contributed by atoms with E-state index in [9.17, 15) is 14.4 Å². The van der Waals surface area contributed by atoms with Gasteiger partial charge in [0.2, 0.25) is 0 Å². The topological polar surface area (TPSA) is 78.9 Å². The molecule has 0 saturated heterocycles. The lowest BCUT2D eigenvalue weighted by atomic mass is 10.0. The number of hydrogen-bond donors (Lipinski definition) is 0. The van der Waals surface area contributed by atoms with Crippen molar-refractivity contribution in [2.24, 2.45) is 11.8 Å². The first-order valence-corrected chi connectivity index (χ1v) is 19.7. The highest BCUT2D eigenvalue weighted by Crippen LogP contribution is 2.15. The van der Waals surface area contributed by atoms with Crippen LogP contribution in [0.25, 0.3) is 0 Å². The van der Waals surface area contributed by atoms with E-state index in [0.29, 0.717) is 19.3 Å². The Morgan fingerprint density at radius 3 is 1.07 bits per heavy atom. The van der Waals surface area contributed by atoms with Crippen molar-refractivity contribution in [3.8, 4) is 0 Å². The summed E-state index contributed by atoms with van der Waals surface area (Å²) in [7, 11) is 0. The minimum Gasteiger partial charge on any atom is -0.462 e. The molecule has 0 spiro atoms. The molecule has 0 heterocycles. The molecular weight excluding hydrogens is 576 g/mol. The van der Waals surface area contributed by atoms with Gasteiger partial charge in [0, 0.05) is 19.3 Å². The van der Waals surface area contributed by atoms with Gasteiger partial charge in [0.05, 0.1) is 0 Å². The van der Waals surface area contributed by atoms with Crippen molar-refractivity contribution in [3.05, 3.63) is 0 Å². The lowest BCUT2D eigenvalue weighted by Gasteiger charge is -2.18. The monoisotopic (exact) mass is 653 g/mol. The molecule has 0 saturated carbocycles. The summed E-state index contributed by atoms with van der Waals surface area (Å²) in [5.41, 5.74) is 0. The average Bonchev–Trinajstić information content (AvgIpc) is 3.01. The molecular formula is C40H76O6. The summed E-state index contributed by atoms with van der Waals surface area (Å²) in [5, 5.41) is 0. The number of rotatable bonds is 34. The van der Waals surface area contributed by atoms with Gasteiger partial charge >= 0.3 is 17.9 Å². The Kier molecular flexibility index (Phi) is 32.2. The lowest BCUT2D eigenvalue weighted by Crippen LogP contribution is -2.30. The number of carbonyl (C=O) groups excluding carboxylic acids is 3. The van der Waals surface area contributed by atoms with Crippen molar-refractivity contribution in [1.82, 2.24) is 0 Å². The standard InChI is InChI=1S/C40H76O6/c1-6-7-8-18-27-32-40(43)46-37(34-45-39(42)31-26-22-17-13-15-20-24-29-36(4)5)33-44-38(41)30-25-21-16-12-10-9-11-14-19-23-28-35(2)3/h35-37H,6-34H2,1-5H3/t37-/m0/s1. The van der Waals surface area contributed by atoms with E-state index in [1.807, 2.05) is 0 Å². The Morgan fingerprint density at radius 2 is 0.717 bits per heavy atom. The Hall–Kier alpha value is -1.59. The van der Waals surface area contributed by atoms with Crippen molar-refractivity contribution in [2.75, 3.05) is 13.2 Å². The predicted molar refractivity (Wildman–Crippen MR) is 192 cm³/mol. The first kappa shape index (κ1) is 44.4. The van der Waals surface area contributed by atoms with Crippen molar-refractivity contribution >= 4 is 17.9 Å². The van der Waals surface area contributed by atoms with E-state index in [2.05, 4.69) is 34.6 Å². The molecule has 0 rings (SSSR count). The highest BCUT2D eigenvalue weighted by molar-refractivity contribution is 5.71. The number of unbranched alkanes of at least 4 members (excludes halogenated alkanes) is 19. The zero-order valence-corrected chi connectivity index (χ0v) is 31.2. The van der Waals surface area contributed by atoms with Crippen LogP contribution in [0.2, 0.25) is 0 Å². The third-order valence-electron chi connectivity index (χ3n) is 8.72. The molecule has 6 nitrogen and oxygen atoms in total. The van der Waals surface area contributed by atoms with Crippen molar-refractivity contribution in [1.29, 1.82) is 0 Å². The fourth-order valence-electron chi connectivity index (χ4n) is 5.69. The summed E-state index contributed by atoms with van der Waals surface area (Å²) in [6, 6.07) is 0. The molecule has 0 aromatic heterocycles. The van der Waals surface area contributed by atoms with Gasteiger partial charge in [0.15, 0.2) is 6.10 Å². The Morgan fingerprint density at radius 1 is 0.413 bits per heavy atom. The Balaban J connectivity index is 4.22. The number of carbonyl (C=O) groups is 3. The van der Waals surface area contributed by atoms with Gasteiger partial charge < -0.3 is 14.2 Å². The normalized spacial score (nSPS) is 12.1. The third kappa shape index (κ3) is 33.8. The predicted octanol–water partition coefficient (Wildman–Crippen LogP) is 11.8. The molecule has 0 aliphatic carbocycles. The minimum absolute atomic E-state index is 0.0678. The molecule has 0 bridgehead atoms. The third-order valence-corrected chi connectivity index (χ3v) is 8.72. The van der Waals surface area contributed by atoms with Gasteiger partial charge in [-0.25, -0.2) is 0 Å². The van der Waals surface area contributed by atoms with Gasteiger partial charge in [-0.2, -0.15) is 0 Å². The SMILES string of the molecule is CCCCCCCC(=O)O[C@@H](COC(=O)CCCCCCCCCCCCC(C)C)COC(=O)CCCCCCCCCC(C)C. The maximum atomic E-state index is 12.5. The second kappa shape index (κ2) is 33.3. The average molecular weight is 653 g/mol. The van der Waals surface area contributed by atoms with Crippen LogP contribution in [0.15, 0.2) is 0 Å². The zero-order chi connectivity index (χ0) is 34.1. The number of ether oxygens (including phenoxy) is 3. The van der Waals surface area contributed by atoms with Crippen LogP contribution in [0.4, 0.5) is 0 Å². The number of hydrogen-bond acceptors (Lipinski definition) is 6. The van der Waals surface area contributed by atoms with E-state index in [-0.39, 0.29) is 31.1 Å². The van der Waals surface area contributed by atoms with Gasteiger partial charge in [0.25, 0.3) is 0 Å². The zero-order valence-electron chi connectivity index (χ0n) is 31.2. The van der Waals surface area contributed by atoms with Crippen LogP contribution in [0.3, 0.4) is 0 Å². The van der Waals surface area contributed by atoms with E-state index in [1.54, 1.807) is 0 Å². The maximum Gasteiger partial charge on any atom is 0.306 e. The number of esters is 3. The van der Waals surface area contributed by atoms with Gasteiger partial charge in [-0.05, 0) is 31.1 Å². The van der Waals surface area contributed by atoms with Crippen LogP contribution >= 0.6 is 0 Å². The van der Waals surface area contributed by atoms with E-state index in [0.717, 1.165) is 76.0 Å². The molecule has 272 valence electrons. The first-order valence-electron chi connectivity index (χ1n) is 19.7. The van der Waals surface area contributed by atoms with Crippen molar-refractivity contribution < 1.29 is 28.6 Å². The highest BCUT2D eigenvalue weighted by atomic mass is 16.6. The van der Waals surface area contributed by atoms with Crippen LogP contribution in [-0.4, -0.2) is 37.2 Å². The molecule has 46 heavy (non-hydrogen) atoms. The van der Waals surface area contributed by atoms with Crippen LogP contribution in [0, 0.1) is 11.8 Å². The summed E-state index contributed by atoms with van der Waals surface area (Å²) in [6.07, 6.45) is 28.4. The Bertz CT molecular complexity index is 704. The molecule has 0 fully saturated rings. The van der Waals surface area contributed by atoms with E-state index >= 15 is 0 Å². The largest absolute Gasteiger partial charge is 0.462 e. The lowest BCUT2D eigenvalue weighted by molar-refractivity contribution is -0.167. The molecule has 0 aliphatic rings. The second-order valence-electron chi connectivity index (χ2n) is 14.5. The fraction of sp³-hybridized carbons (Fsp3) is 0.925. The van der Waals surface area contributed by atoms with Gasteiger partial charge in [-0.1, -0.05) is 169 Å². The Labute approximate surface area is 285 Å². The summed E-state index contributed by atoms with van der Waals surface area (Å²) >= 11 is 0. The van der Waals surface area contributed by atoms with E-state index < -0.39 is 6.10 Å². The first-order chi connectivity index (χ1) is 22.2. The second-order valence-corrected chi connectivity index (χ2v) is 14.5. The minimum atomic E-state index is -0.757. The van der Waals surface area contributed by atoms with Crippen LogP contribution in [0.1, 0.15) is 208 Å². The summed E-state index contributed by atoms with van der Waals surface area (Å²) in [6.45, 7) is 11.2. The van der Waals surface area contributed by atoms with Gasteiger partial charge in [-0.3, -0.25) is 14.4 Å². The summed E-state index contributed by atoms with van der Waals surface area (Å²) in [5.74, 6) is 0.717. The van der Waals surface area contributed by atoms with Crippen molar-refractivity contribution in [2.45, 2.75) is 214 Å². The summed E-state index contributed by atoms with van der Waals surface area (Å²) < 4.78 is 16.5. The fourth-order valence-corrected chi connectivity index (χ4v) is 5.69. The molecule has 0 aromatic rings.